The molecule has 1 aliphatic rings. The summed E-state index contributed by atoms with van der Waals surface area (Å²) in [5.41, 5.74) is 1.11. The molecule has 1 atom stereocenters. The van der Waals surface area contributed by atoms with E-state index in [1.807, 2.05) is 18.2 Å². The second kappa shape index (κ2) is 7.99. The summed E-state index contributed by atoms with van der Waals surface area (Å²) in [6.07, 6.45) is 3.98. The minimum Gasteiger partial charge on any atom is -0.315 e. The summed E-state index contributed by atoms with van der Waals surface area (Å²) in [5.74, 6) is 6.58. The molecule has 2 rings (SSSR count). The minimum atomic E-state index is 0.666. The standard InChI is InChI=1S/C17H24N2/c1-2-18-15-17-12-6-7-13-19(17)14-8-11-16-9-4-3-5-10-16/h3-5,9-10,17-18H,2,6-7,12-15H2,1H3. The molecular weight excluding hydrogens is 232 g/mol. The number of hydrogen-bond acceptors (Lipinski definition) is 2. The summed E-state index contributed by atoms with van der Waals surface area (Å²) >= 11 is 0. The fraction of sp³-hybridized carbons (Fsp3) is 0.529. The van der Waals surface area contributed by atoms with Gasteiger partial charge < -0.3 is 5.32 Å². The Kier molecular flexibility index (Phi) is 5.94. The highest BCUT2D eigenvalue weighted by Gasteiger charge is 2.20. The number of benzene rings is 1. The van der Waals surface area contributed by atoms with Gasteiger partial charge in [0.05, 0.1) is 6.54 Å². The number of likely N-dealkylation sites (tertiary alicyclic amines) is 1. The first-order valence-corrected chi connectivity index (χ1v) is 7.39. The second-order valence-electron chi connectivity index (χ2n) is 5.10. The van der Waals surface area contributed by atoms with Gasteiger partial charge in [0.2, 0.25) is 0 Å². The van der Waals surface area contributed by atoms with Crippen molar-refractivity contribution < 1.29 is 0 Å². The predicted octanol–water partition coefficient (Wildman–Crippen LogP) is 2.50. The van der Waals surface area contributed by atoms with Crippen molar-refractivity contribution in [3.8, 4) is 11.8 Å². The van der Waals surface area contributed by atoms with Crippen molar-refractivity contribution in [2.75, 3.05) is 26.2 Å². The Morgan fingerprint density at radius 2 is 2.11 bits per heavy atom. The van der Waals surface area contributed by atoms with Crippen molar-refractivity contribution in [1.29, 1.82) is 0 Å². The number of rotatable bonds is 4. The van der Waals surface area contributed by atoms with Crippen LogP contribution >= 0.6 is 0 Å². The molecule has 0 aromatic heterocycles. The van der Waals surface area contributed by atoms with E-state index in [0.29, 0.717) is 6.04 Å². The fourth-order valence-electron chi connectivity index (χ4n) is 2.57. The maximum absolute atomic E-state index is 3.47. The molecule has 0 radical (unpaired) electrons. The van der Waals surface area contributed by atoms with E-state index in [2.05, 4.69) is 41.1 Å². The zero-order chi connectivity index (χ0) is 13.3. The molecule has 0 spiro atoms. The van der Waals surface area contributed by atoms with Gasteiger partial charge in [-0.1, -0.05) is 43.4 Å². The Labute approximate surface area is 117 Å². The molecule has 1 unspecified atom stereocenters. The summed E-state index contributed by atoms with van der Waals surface area (Å²) in [6.45, 7) is 6.41. The van der Waals surface area contributed by atoms with Crippen LogP contribution in [0.1, 0.15) is 31.7 Å². The van der Waals surface area contributed by atoms with E-state index in [0.717, 1.165) is 25.2 Å². The molecule has 0 aliphatic carbocycles. The van der Waals surface area contributed by atoms with Gasteiger partial charge in [-0.3, -0.25) is 4.90 Å². The topological polar surface area (TPSA) is 15.3 Å². The van der Waals surface area contributed by atoms with Gasteiger partial charge in [0.15, 0.2) is 0 Å². The third-order valence-corrected chi connectivity index (χ3v) is 3.67. The maximum atomic E-state index is 3.47. The number of piperidine rings is 1. The van der Waals surface area contributed by atoms with E-state index in [-0.39, 0.29) is 0 Å². The van der Waals surface area contributed by atoms with Crippen molar-refractivity contribution in [2.24, 2.45) is 0 Å². The third kappa shape index (κ3) is 4.70. The van der Waals surface area contributed by atoms with Gasteiger partial charge in [0.25, 0.3) is 0 Å². The van der Waals surface area contributed by atoms with Gasteiger partial charge >= 0.3 is 0 Å². The molecule has 1 aromatic carbocycles. The molecule has 0 amide bonds. The lowest BCUT2D eigenvalue weighted by atomic mass is 10.0. The molecule has 1 aromatic rings. The van der Waals surface area contributed by atoms with Crippen molar-refractivity contribution in [3.63, 3.8) is 0 Å². The van der Waals surface area contributed by atoms with Crippen LogP contribution in [0.25, 0.3) is 0 Å². The lowest BCUT2D eigenvalue weighted by Gasteiger charge is -2.34. The average molecular weight is 256 g/mol. The molecule has 0 bridgehead atoms. The van der Waals surface area contributed by atoms with Crippen molar-refractivity contribution in [3.05, 3.63) is 35.9 Å². The largest absolute Gasteiger partial charge is 0.315 e. The van der Waals surface area contributed by atoms with Crippen molar-refractivity contribution >= 4 is 0 Å². The predicted molar refractivity (Wildman–Crippen MR) is 81.1 cm³/mol. The molecule has 102 valence electrons. The summed E-state index contributed by atoms with van der Waals surface area (Å²) in [4.78, 5) is 2.53. The van der Waals surface area contributed by atoms with Gasteiger partial charge in [-0.2, -0.15) is 0 Å². The van der Waals surface area contributed by atoms with Crippen LogP contribution in [-0.2, 0) is 0 Å². The van der Waals surface area contributed by atoms with Crippen LogP contribution in [0.4, 0.5) is 0 Å². The van der Waals surface area contributed by atoms with Crippen LogP contribution in [0.5, 0.6) is 0 Å². The quantitative estimate of drug-likeness (QED) is 0.833. The molecule has 1 N–H and O–H groups in total. The lowest BCUT2D eigenvalue weighted by molar-refractivity contribution is 0.165. The fourth-order valence-corrected chi connectivity index (χ4v) is 2.57. The van der Waals surface area contributed by atoms with Gasteiger partial charge in [0, 0.05) is 18.2 Å². The number of hydrogen-bond donors (Lipinski definition) is 1. The lowest BCUT2D eigenvalue weighted by Crippen LogP contribution is -2.45. The minimum absolute atomic E-state index is 0.666. The Hall–Kier alpha value is -1.30. The molecule has 0 saturated carbocycles. The monoisotopic (exact) mass is 256 g/mol. The van der Waals surface area contributed by atoms with Crippen LogP contribution in [0.3, 0.4) is 0 Å². The SMILES string of the molecule is CCNCC1CCCCN1CC#Cc1ccccc1. The molecule has 19 heavy (non-hydrogen) atoms. The third-order valence-electron chi connectivity index (χ3n) is 3.67. The van der Waals surface area contributed by atoms with Crippen LogP contribution < -0.4 is 5.32 Å². The summed E-state index contributed by atoms with van der Waals surface area (Å²) < 4.78 is 0. The summed E-state index contributed by atoms with van der Waals surface area (Å²) in [5, 5.41) is 3.47. The van der Waals surface area contributed by atoms with Gasteiger partial charge in [-0.15, -0.1) is 0 Å². The van der Waals surface area contributed by atoms with Gasteiger partial charge in [0.1, 0.15) is 0 Å². The van der Waals surface area contributed by atoms with Crippen LogP contribution in [0.2, 0.25) is 0 Å². The Morgan fingerprint density at radius 3 is 2.89 bits per heavy atom. The average Bonchev–Trinajstić information content (AvgIpc) is 2.47. The normalized spacial score (nSPS) is 19.7. The highest BCUT2D eigenvalue weighted by molar-refractivity contribution is 5.33. The van der Waals surface area contributed by atoms with Crippen molar-refractivity contribution in [2.45, 2.75) is 32.2 Å². The number of nitrogens with one attached hydrogen (secondary N) is 1. The molecule has 1 heterocycles. The molecule has 2 nitrogen and oxygen atoms in total. The first-order chi connectivity index (χ1) is 9.40. The van der Waals surface area contributed by atoms with E-state index >= 15 is 0 Å². The molecular formula is C17H24N2. The first kappa shape index (κ1) is 14.1. The molecule has 1 fully saturated rings. The van der Waals surface area contributed by atoms with E-state index < -0.39 is 0 Å². The highest BCUT2D eigenvalue weighted by Crippen LogP contribution is 2.15. The summed E-state index contributed by atoms with van der Waals surface area (Å²) in [6, 6.07) is 10.9. The zero-order valence-electron chi connectivity index (χ0n) is 11.9. The zero-order valence-corrected chi connectivity index (χ0v) is 11.9. The summed E-state index contributed by atoms with van der Waals surface area (Å²) in [7, 11) is 0. The first-order valence-electron chi connectivity index (χ1n) is 7.39. The van der Waals surface area contributed by atoms with Gasteiger partial charge in [-0.25, -0.2) is 0 Å². The van der Waals surface area contributed by atoms with E-state index in [1.165, 1.54) is 25.8 Å². The van der Waals surface area contributed by atoms with E-state index in [4.69, 9.17) is 0 Å². The van der Waals surface area contributed by atoms with Gasteiger partial charge in [-0.05, 0) is 38.1 Å². The molecule has 1 saturated heterocycles. The number of likely N-dealkylation sites (N-methyl/N-ethyl adjacent to an activating group) is 1. The molecule has 2 heteroatoms. The van der Waals surface area contributed by atoms with Crippen molar-refractivity contribution in [1.82, 2.24) is 10.2 Å². The van der Waals surface area contributed by atoms with Crippen LogP contribution in [0.15, 0.2) is 30.3 Å². The van der Waals surface area contributed by atoms with E-state index in [9.17, 15) is 0 Å². The van der Waals surface area contributed by atoms with Crippen LogP contribution in [-0.4, -0.2) is 37.1 Å². The number of nitrogens with zero attached hydrogens (tertiary/aromatic N) is 1. The van der Waals surface area contributed by atoms with Crippen LogP contribution in [0, 0.1) is 11.8 Å². The Balaban J connectivity index is 1.87. The Morgan fingerprint density at radius 1 is 1.26 bits per heavy atom. The Bertz CT molecular complexity index is 416. The smallest absolute Gasteiger partial charge is 0.0608 e. The maximum Gasteiger partial charge on any atom is 0.0608 e. The second-order valence-corrected chi connectivity index (χ2v) is 5.10. The molecule has 1 aliphatic heterocycles. The van der Waals surface area contributed by atoms with E-state index in [1.54, 1.807) is 0 Å². The highest BCUT2D eigenvalue weighted by atomic mass is 15.2.